The van der Waals surface area contributed by atoms with Crippen molar-refractivity contribution in [1.29, 1.82) is 0 Å². The Kier molecular flexibility index (Phi) is 10.0. The maximum atomic E-state index is 10.4. The number of carboxylic acids is 1. The Hall–Kier alpha value is -1.10. The summed E-state index contributed by atoms with van der Waals surface area (Å²) in [5.74, 6) is -1.06. The third-order valence-corrected chi connectivity index (χ3v) is 2.91. The number of aliphatic hydroxyl groups excluding tert-OH is 5. The molecule has 0 rings (SSSR count). The van der Waals surface area contributed by atoms with Gasteiger partial charge >= 0.3 is 5.97 Å². The maximum absolute atomic E-state index is 10.4. The number of aliphatic carboxylic acids is 1. The Morgan fingerprint density at radius 2 is 1.76 bits per heavy atom. The summed E-state index contributed by atoms with van der Waals surface area (Å²) in [6, 6.07) is -0.906. The number of unbranched alkanes of at least 4 members (excludes halogenated alkanes) is 1. The van der Waals surface area contributed by atoms with Crippen LogP contribution in [-0.2, 0) is 4.79 Å². The van der Waals surface area contributed by atoms with Crippen molar-refractivity contribution < 1.29 is 35.4 Å². The third-order valence-electron chi connectivity index (χ3n) is 2.91. The predicted octanol–water partition coefficient (Wildman–Crippen LogP) is -2.92. The lowest BCUT2D eigenvalue weighted by molar-refractivity contribution is -0.138. The van der Waals surface area contributed by atoms with Crippen LogP contribution in [0.1, 0.15) is 19.3 Å². The fraction of sp³-hybridized carbons (Fsp3) is 0.833. The molecule has 0 fully saturated rings. The van der Waals surface area contributed by atoms with Gasteiger partial charge in [-0.05, 0) is 19.3 Å². The molecule has 5 atom stereocenters. The Bertz CT molecular complexity index is 327. The van der Waals surface area contributed by atoms with Crippen LogP contribution >= 0.6 is 0 Å². The van der Waals surface area contributed by atoms with E-state index in [0.29, 0.717) is 25.8 Å². The zero-order chi connectivity index (χ0) is 16.4. The van der Waals surface area contributed by atoms with Crippen LogP contribution in [0.2, 0.25) is 0 Å². The number of nitrogens with two attached hydrogens (primary N) is 1. The third kappa shape index (κ3) is 8.05. The average Bonchev–Trinajstić information content (AvgIpc) is 2.47. The van der Waals surface area contributed by atoms with E-state index in [0.717, 1.165) is 6.21 Å². The quantitative estimate of drug-likeness (QED) is 0.157. The van der Waals surface area contributed by atoms with E-state index in [1.54, 1.807) is 0 Å². The van der Waals surface area contributed by atoms with Crippen molar-refractivity contribution in [3.05, 3.63) is 0 Å². The Morgan fingerprint density at radius 3 is 2.29 bits per heavy atom. The largest absolute Gasteiger partial charge is 0.480 e. The highest BCUT2D eigenvalue weighted by molar-refractivity contribution is 5.72. The van der Waals surface area contributed by atoms with Crippen molar-refractivity contribution in [3.63, 3.8) is 0 Å². The lowest BCUT2D eigenvalue weighted by atomic mass is 10.0. The van der Waals surface area contributed by atoms with Crippen molar-refractivity contribution in [2.24, 2.45) is 10.7 Å². The average molecular weight is 308 g/mol. The molecule has 0 aromatic rings. The molecule has 0 bridgehead atoms. The van der Waals surface area contributed by atoms with Gasteiger partial charge in [0.15, 0.2) is 0 Å². The van der Waals surface area contributed by atoms with E-state index in [1.807, 2.05) is 0 Å². The molecule has 0 saturated carbocycles. The zero-order valence-corrected chi connectivity index (χ0v) is 11.6. The standard InChI is InChI=1S/C12H24N2O7/c13-7(12(20)21)3-1-2-4-14-5-8(16)10(18)11(19)9(17)6-15/h5,7-11,15-19H,1-4,6,13H2,(H,20,21)/b14-5+/t7-,8-,9+,10+,11+/m0/s1. The van der Waals surface area contributed by atoms with Crippen LogP contribution in [0.3, 0.4) is 0 Å². The van der Waals surface area contributed by atoms with Crippen LogP contribution in [0, 0.1) is 0 Å². The Balaban J connectivity index is 3.94. The van der Waals surface area contributed by atoms with E-state index in [4.69, 9.17) is 21.1 Å². The molecule has 8 N–H and O–H groups in total. The van der Waals surface area contributed by atoms with Crippen LogP contribution in [0.25, 0.3) is 0 Å². The number of nitrogens with zero attached hydrogens (tertiary/aromatic N) is 1. The second kappa shape index (κ2) is 10.6. The SMILES string of the molecule is N[C@@H](CCCC/N=C/[C@H](O)[C@@H](O)[C@H](O)[C@H](O)CO)C(=O)O. The second-order valence-electron chi connectivity index (χ2n) is 4.72. The molecule has 0 spiro atoms. The summed E-state index contributed by atoms with van der Waals surface area (Å²) in [6.07, 6.45) is -3.95. The summed E-state index contributed by atoms with van der Waals surface area (Å²) in [6.45, 7) is -0.444. The number of hydrogen-bond donors (Lipinski definition) is 7. The van der Waals surface area contributed by atoms with Gasteiger partial charge in [-0.2, -0.15) is 0 Å². The molecule has 9 heteroatoms. The molecule has 0 aromatic heterocycles. The highest BCUT2D eigenvalue weighted by Gasteiger charge is 2.28. The fourth-order valence-electron chi connectivity index (χ4n) is 1.50. The van der Waals surface area contributed by atoms with Crippen molar-refractivity contribution in [3.8, 4) is 0 Å². The molecule has 0 saturated heterocycles. The molecule has 0 radical (unpaired) electrons. The van der Waals surface area contributed by atoms with Gasteiger partial charge in [0.1, 0.15) is 30.5 Å². The fourth-order valence-corrected chi connectivity index (χ4v) is 1.50. The lowest BCUT2D eigenvalue weighted by Crippen LogP contribution is -2.46. The van der Waals surface area contributed by atoms with E-state index in [2.05, 4.69) is 4.99 Å². The highest BCUT2D eigenvalue weighted by Crippen LogP contribution is 2.04. The van der Waals surface area contributed by atoms with Gasteiger partial charge in [-0.3, -0.25) is 9.79 Å². The number of carboxylic acid groups (broad SMARTS) is 1. The van der Waals surface area contributed by atoms with E-state index in [1.165, 1.54) is 0 Å². The summed E-state index contributed by atoms with van der Waals surface area (Å²) in [4.78, 5) is 14.3. The molecule has 21 heavy (non-hydrogen) atoms. The summed E-state index contributed by atoms with van der Waals surface area (Å²) in [5.41, 5.74) is 5.31. The monoisotopic (exact) mass is 308 g/mol. The van der Waals surface area contributed by atoms with E-state index >= 15 is 0 Å². The summed E-state index contributed by atoms with van der Waals surface area (Å²) in [7, 11) is 0. The van der Waals surface area contributed by atoms with Crippen LogP contribution in [-0.4, -0.2) is 86.4 Å². The molecule has 124 valence electrons. The van der Waals surface area contributed by atoms with Crippen molar-refractivity contribution in [2.75, 3.05) is 13.2 Å². The van der Waals surface area contributed by atoms with Crippen LogP contribution < -0.4 is 5.73 Å². The predicted molar refractivity (Wildman–Crippen MR) is 73.9 cm³/mol. The molecule has 0 heterocycles. The number of hydrogen-bond acceptors (Lipinski definition) is 8. The van der Waals surface area contributed by atoms with Crippen molar-refractivity contribution in [2.45, 2.75) is 49.7 Å². The maximum Gasteiger partial charge on any atom is 0.320 e. The van der Waals surface area contributed by atoms with Crippen LogP contribution in [0.5, 0.6) is 0 Å². The molecule has 0 aliphatic carbocycles. The Labute approximate surface area is 122 Å². The Morgan fingerprint density at radius 1 is 1.14 bits per heavy atom. The van der Waals surface area contributed by atoms with Gasteiger partial charge < -0.3 is 36.4 Å². The topological polar surface area (TPSA) is 177 Å². The zero-order valence-electron chi connectivity index (χ0n) is 11.6. The van der Waals surface area contributed by atoms with E-state index < -0.39 is 43.0 Å². The molecular weight excluding hydrogens is 284 g/mol. The van der Waals surface area contributed by atoms with Gasteiger partial charge in [0, 0.05) is 12.8 Å². The molecule has 0 amide bonds. The first-order valence-corrected chi connectivity index (χ1v) is 6.62. The molecule has 0 aliphatic heterocycles. The minimum Gasteiger partial charge on any atom is -0.480 e. The van der Waals surface area contributed by atoms with Gasteiger partial charge in [-0.25, -0.2) is 0 Å². The summed E-state index contributed by atoms with van der Waals surface area (Å²) >= 11 is 0. The molecule has 9 nitrogen and oxygen atoms in total. The minimum absolute atomic E-state index is 0.300. The van der Waals surface area contributed by atoms with Crippen LogP contribution in [0.15, 0.2) is 4.99 Å². The van der Waals surface area contributed by atoms with Gasteiger partial charge in [0.2, 0.25) is 0 Å². The molecule has 0 unspecified atom stereocenters. The molecule has 0 aromatic carbocycles. The lowest BCUT2D eigenvalue weighted by Gasteiger charge is -2.23. The first-order valence-electron chi connectivity index (χ1n) is 6.62. The van der Waals surface area contributed by atoms with Crippen molar-refractivity contribution >= 4 is 12.2 Å². The first kappa shape index (κ1) is 19.9. The highest BCUT2D eigenvalue weighted by atomic mass is 16.4. The number of aliphatic hydroxyl groups is 5. The number of carbonyl (C=O) groups is 1. The minimum atomic E-state index is -1.69. The van der Waals surface area contributed by atoms with Gasteiger partial charge in [-0.1, -0.05) is 0 Å². The smallest absolute Gasteiger partial charge is 0.320 e. The number of rotatable bonds is 11. The van der Waals surface area contributed by atoms with Gasteiger partial charge in [0.25, 0.3) is 0 Å². The van der Waals surface area contributed by atoms with Crippen LogP contribution in [0.4, 0.5) is 0 Å². The summed E-state index contributed by atoms with van der Waals surface area (Å²) < 4.78 is 0. The molecular formula is C12H24N2O7. The summed E-state index contributed by atoms with van der Waals surface area (Å²) in [5, 5.41) is 54.6. The van der Waals surface area contributed by atoms with E-state index in [9.17, 15) is 20.1 Å². The van der Waals surface area contributed by atoms with Gasteiger partial charge in [-0.15, -0.1) is 0 Å². The van der Waals surface area contributed by atoms with Gasteiger partial charge in [0.05, 0.1) is 6.61 Å². The second-order valence-corrected chi connectivity index (χ2v) is 4.72. The van der Waals surface area contributed by atoms with Crippen molar-refractivity contribution in [1.82, 2.24) is 0 Å². The first-order chi connectivity index (χ1) is 9.81. The number of aliphatic imine (C=N–C) groups is 1. The molecule has 0 aliphatic rings. The van der Waals surface area contributed by atoms with E-state index in [-0.39, 0.29) is 0 Å². The normalized spacial score (nSPS) is 19.1.